The first-order chi connectivity index (χ1) is 10.6. The van der Waals surface area contributed by atoms with Crippen molar-refractivity contribution in [3.8, 4) is 6.07 Å². The van der Waals surface area contributed by atoms with Gasteiger partial charge < -0.3 is 15.5 Å². The molecule has 0 saturated carbocycles. The topological polar surface area (TPSA) is 100 Å². The lowest BCUT2D eigenvalue weighted by Crippen LogP contribution is -2.07. The lowest BCUT2D eigenvalue weighted by Gasteiger charge is -2.08. The van der Waals surface area contributed by atoms with Gasteiger partial charge in [0.25, 0.3) is 0 Å². The van der Waals surface area contributed by atoms with E-state index < -0.39 is 6.30 Å². The van der Waals surface area contributed by atoms with Crippen LogP contribution in [0.5, 0.6) is 0 Å². The Bertz CT molecular complexity index is 777. The summed E-state index contributed by atoms with van der Waals surface area (Å²) in [6, 6.07) is 3.52. The van der Waals surface area contributed by atoms with Crippen LogP contribution in [0, 0.1) is 11.3 Å². The van der Waals surface area contributed by atoms with Gasteiger partial charge in [-0.3, -0.25) is 4.99 Å². The van der Waals surface area contributed by atoms with Crippen molar-refractivity contribution in [3.05, 3.63) is 34.4 Å². The molecule has 0 aliphatic carbocycles. The Balaban J connectivity index is 2.29. The van der Waals surface area contributed by atoms with Gasteiger partial charge in [-0.15, -0.1) is 0 Å². The van der Waals surface area contributed by atoms with Crippen LogP contribution in [0.15, 0.2) is 38.0 Å². The van der Waals surface area contributed by atoms with Crippen LogP contribution in [0.1, 0.15) is 19.1 Å². The molecule has 2 aromatic heterocycles. The van der Waals surface area contributed by atoms with Crippen LogP contribution in [-0.2, 0) is 0 Å². The monoisotopic (exact) mass is 365 g/mol. The van der Waals surface area contributed by atoms with E-state index >= 15 is 0 Å². The second-order valence-corrected chi connectivity index (χ2v) is 5.08. The van der Waals surface area contributed by atoms with E-state index in [1.807, 2.05) is 6.07 Å². The number of aliphatic imine (C=N–C) groups is 1. The van der Waals surface area contributed by atoms with Crippen LogP contribution in [0.3, 0.4) is 0 Å². The number of nitrogens with one attached hydrogen (secondary N) is 1. The van der Waals surface area contributed by atoms with Crippen molar-refractivity contribution in [3.63, 3.8) is 0 Å². The number of hydrogen-bond donors (Lipinski definition) is 2. The van der Waals surface area contributed by atoms with Gasteiger partial charge in [-0.2, -0.15) is 5.26 Å². The van der Waals surface area contributed by atoms with Crippen molar-refractivity contribution in [2.45, 2.75) is 19.6 Å². The maximum atomic E-state index is 13.1. The second-order valence-electron chi connectivity index (χ2n) is 4.29. The molecule has 114 valence electrons. The number of nitrogens with two attached hydrogens (primary N) is 1. The normalized spacial score (nSPS) is 13.5. The molecule has 0 fully saturated rings. The highest BCUT2D eigenvalue weighted by atomic mass is 79.9. The second kappa shape index (κ2) is 7.04. The Hall–Kier alpha value is -2.40. The van der Waals surface area contributed by atoms with E-state index in [1.54, 1.807) is 13.0 Å². The third-order valence-electron chi connectivity index (χ3n) is 2.78. The van der Waals surface area contributed by atoms with Crippen LogP contribution in [-0.4, -0.2) is 17.5 Å². The predicted octanol–water partition coefficient (Wildman–Crippen LogP) is 3.45. The lowest BCUT2D eigenvalue weighted by atomic mass is 10.3. The lowest BCUT2D eigenvalue weighted by molar-refractivity contribution is 0.339. The molecule has 2 rings (SSSR count). The van der Waals surface area contributed by atoms with Crippen LogP contribution >= 0.6 is 15.9 Å². The summed E-state index contributed by atoms with van der Waals surface area (Å²) in [6.07, 6.45) is 3.07. The van der Waals surface area contributed by atoms with Crippen molar-refractivity contribution in [2.24, 2.45) is 10.7 Å². The molecule has 8 heteroatoms. The Labute approximate surface area is 134 Å². The number of alkyl halides is 1. The first kappa shape index (κ1) is 16.0. The van der Waals surface area contributed by atoms with E-state index in [9.17, 15) is 4.39 Å². The summed E-state index contributed by atoms with van der Waals surface area (Å²) in [7, 11) is 0. The Kier molecular flexibility index (Phi) is 5.12. The SMILES string of the molecule is CCC(F)/N=C/C(=C\N)Nc1ncc2oc(C#N)cc2c1Br. The van der Waals surface area contributed by atoms with Crippen LogP contribution < -0.4 is 11.1 Å². The van der Waals surface area contributed by atoms with E-state index in [0.717, 1.165) is 0 Å². The number of hydrogen-bond acceptors (Lipinski definition) is 6. The summed E-state index contributed by atoms with van der Waals surface area (Å²) in [5.74, 6) is 0.641. The number of aromatic nitrogens is 1. The molecule has 22 heavy (non-hydrogen) atoms. The summed E-state index contributed by atoms with van der Waals surface area (Å²) < 4.78 is 19.0. The van der Waals surface area contributed by atoms with E-state index in [0.29, 0.717) is 27.0 Å². The van der Waals surface area contributed by atoms with E-state index in [2.05, 4.69) is 31.2 Å². The summed E-state index contributed by atoms with van der Waals surface area (Å²) in [5.41, 5.74) is 6.37. The molecule has 0 radical (unpaired) electrons. The van der Waals surface area contributed by atoms with Crippen LogP contribution in [0.4, 0.5) is 10.2 Å². The molecule has 1 unspecified atom stereocenters. The van der Waals surface area contributed by atoms with Crippen molar-refractivity contribution < 1.29 is 8.81 Å². The number of halogens is 2. The minimum absolute atomic E-state index is 0.189. The molecule has 3 N–H and O–H groups in total. The first-order valence-electron chi connectivity index (χ1n) is 6.43. The van der Waals surface area contributed by atoms with Crippen molar-refractivity contribution in [1.82, 2.24) is 4.98 Å². The number of nitriles is 1. The van der Waals surface area contributed by atoms with Gasteiger partial charge in [0.05, 0.1) is 16.4 Å². The molecular weight excluding hydrogens is 353 g/mol. The minimum Gasteiger partial charge on any atom is -0.444 e. The maximum Gasteiger partial charge on any atom is 0.204 e. The molecule has 2 aromatic rings. The van der Waals surface area contributed by atoms with Crippen molar-refractivity contribution in [2.75, 3.05) is 5.32 Å². The zero-order chi connectivity index (χ0) is 16.1. The van der Waals surface area contributed by atoms with Gasteiger partial charge in [0, 0.05) is 23.9 Å². The van der Waals surface area contributed by atoms with E-state index in [-0.39, 0.29) is 12.2 Å². The van der Waals surface area contributed by atoms with Gasteiger partial charge in [-0.25, -0.2) is 9.37 Å². The summed E-state index contributed by atoms with van der Waals surface area (Å²) >= 11 is 3.39. The molecule has 1 atom stereocenters. The summed E-state index contributed by atoms with van der Waals surface area (Å²) in [5, 5.41) is 12.5. The highest BCUT2D eigenvalue weighted by Gasteiger charge is 2.12. The molecule has 0 saturated heterocycles. The molecule has 0 aromatic carbocycles. The highest BCUT2D eigenvalue weighted by Crippen LogP contribution is 2.32. The molecule has 0 amide bonds. The van der Waals surface area contributed by atoms with E-state index in [4.69, 9.17) is 15.4 Å². The van der Waals surface area contributed by atoms with Gasteiger partial charge in [-0.05, 0) is 22.4 Å². The minimum atomic E-state index is -1.28. The fourth-order valence-electron chi connectivity index (χ4n) is 1.64. The number of furan rings is 1. The summed E-state index contributed by atoms with van der Waals surface area (Å²) in [4.78, 5) is 7.89. The average Bonchev–Trinajstić information content (AvgIpc) is 2.97. The van der Waals surface area contributed by atoms with Gasteiger partial charge >= 0.3 is 0 Å². The van der Waals surface area contributed by atoms with Gasteiger partial charge in [0.1, 0.15) is 11.9 Å². The Morgan fingerprint density at radius 2 is 2.50 bits per heavy atom. The number of pyridine rings is 1. The predicted molar refractivity (Wildman–Crippen MR) is 86.0 cm³/mol. The zero-order valence-corrected chi connectivity index (χ0v) is 13.3. The smallest absolute Gasteiger partial charge is 0.204 e. The quantitative estimate of drug-likeness (QED) is 0.624. The molecule has 6 nitrogen and oxygen atoms in total. The number of nitrogens with zero attached hydrogens (tertiary/aromatic N) is 3. The van der Waals surface area contributed by atoms with E-state index in [1.165, 1.54) is 18.6 Å². The van der Waals surface area contributed by atoms with Crippen LogP contribution in [0.2, 0.25) is 0 Å². The standard InChI is InChI=1S/C14H13BrFN5O/c1-2-12(16)19-6-8(4-17)21-14-13(15)10-3-9(5-18)22-11(10)7-20-14/h3-4,6-7,12H,2,17H2,1H3,(H,20,21)/b8-4+,19-6+. The molecule has 0 bridgehead atoms. The van der Waals surface area contributed by atoms with Crippen molar-refractivity contribution in [1.29, 1.82) is 5.26 Å². The highest BCUT2D eigenvalue weighted by molar-refractivity contribution is 9.10. The fraction of sp³-hybridized carbons (Fsp3) is 0.214. The maximum absolute atomic E-state index is 13.1. The molecule has 2 heterocycles. The number of fused-ring (bicyclic) bond motifs is 1. The first-order valence-corrected chi connectivity index (χ1v) is 7.22. The fourth-order valence-corrected chi connectivity index (χ4v) is 2.15. The van der Waals surface area contributed by atoms with Gasteiger partial charge in [-0.1, -0.05) is 6.92 Å². The van der Waals surface area contributed by atoms with Crippen LogP contribution in [0.25, 0.3) is 11.0 Å². The largest absolute Gasteiger partial charge is 0.444 e. The third-order valence-corrected chi connectivity index (χ3v) is 3.58. The average molecular weight is 366 g/mol. The summed E-state index contributed by atoms with van der Waals surface area (Å²) in [6.45, 7) is 1.69. The molecule has 0 aliphatic rings. The van der Waals surface area contributed by atoms with Gasteiger partial charge in [0.2, 0.25) is 5.76 Å². The third kappa shape index (κ3) is 3.43. The Morgan fingerprint density at radius 3 is 3.14 bits per heavy atom. The molecule has 0 aliphatic heterocycles. The Morgan fingerprint density at radius 1 is 1.73 bits per heavy atom. The molecule has 0 spiro atoms. The molecular formula is C14H13BrFN5O. The number of anilines is 1. The number of allylic oxidation sites excluding steroid dienone is 1. The zero-order valence-electron chi connectivity index (χ0n) is 11.7. The van der Waals surface area contributed by atoms with Gasteiger partial charge in [0.15, 0.2) is 11.9 Å². The number of rotatable bonds is 5. The van der Waals surface area contributed by atoms with Crippen molar-refractivity contribution >= 4 is 38.9 Å².